The Kier molecular flexibility index (Phi) is 7.06. The highest BCUT2D eigenvalue weighted by atomic mass is 16.3. The van der Waals surface area contributed by atoms with Crippen molar-refractivity contribution in [2.24, 2.45) is 9.98 Å². The Hall–Kier alpha value is -5.22. The van der Waals surface area contributed by atoms with Gasteiger partial charge in [-0.05, 0) is 50.9 Å². The third kappa shape index (κ3) is 5.20. The Morgan fingerprint density at radius 2 is 1.07 bits per heavy atom. The molecule has 0 spiro atoms. The van der Waals surface area contributed by atoms with E-state index in [4.69, 9.17) is 9.98 Å². The summed E-state index contributed by atoms with van der Waals surface area (Å²) in [4.78, 5) is 10.2. The number of benzene rings is 6. The van der Waals surface area contributed by atoms with E-state index in [1.54, 1.807) is 24.4 Å². The molecule has 194 valence electrons. The first-order valence-electron chi connectivity index (χ1n) is 13.3. The fraction of sp³-hybridized carbons (Fsp3) is 0.0556. The third-order valence-corrected chi connectivity index (χ3v) is 7.17. The Bertz CT molecular complexity index is 1830. The van der Waals surface area contributed by atoms with Crippen molar-refractivity contribution in [2.75, 3.05) is 0 Å². The molecule has 0 amide bonds. The van der Waals surface area contributed by atoms with Crippen LogP contribution in [-0.4, -0.2) is 22.6 Å². The van der Waals surface area contributed by atoms with E-state index in [9.17, 15) is 10.2 Å². The van der Waals surface area contributed by atoms with Crippen molar-refractivity contribution in [3.8, 4) is 11.5 Å². The first kappa shape index (κ1) is 25.1. The SMILES string of the molecule is Oc1ccc2cccc(C=N[C@@H](c3ccccc3)[C@H](N=Cc3c(O)ccc4ccccc34)c3ccccc3)c2c1. The highest BCUT2D eigenvalue weighted by Crippen LogP contribution is 2.36. The summed E-state index contributed by atoms with van der Waals surface area (Å²) in [6.07, 6.45) is 3.65. The molecule has 4 nitrogen and oxygen atoms in total. The Morgan fingerprint density at radius 1 is 0.500 bits per heavy atom. The van der Waals surface area contributed by atoms with Crippen molar-refractivity contribution < 1.29 is 10.2 Å². The summed E-state index contributed by atoms with van der Waals surface area (Å²) in [5.41, 5.74) is 3.63. The predicted octanol–water partition coefficient (Wildman–Crippen LogP) is 8.42. The van der Waals surface area contributed by atoms with Crippen LogP contribution in [0.3, 0.4) is 0 Å². The molecule has 40 heavy (non-hydrogen) atoms. The highest BCUT2D eigenvalue weighted by Gasteiger charge is 2.23. The summed E-state index contributed by atoms with van der Waals surface area (Å²) in [6, 6.07) is 42.6. The normalized spacial score (nSPS) is 13.3. The van der Waals surface area contributed by atoms with E-state index in [0.717, 1.165) is 38.2 Å². The van der Waals surface area contributed by atoms with Gasteiger partial charge in [-0.25, -0.2) is 0 Å². The maximum Gasteiger partial charge on any atom is 0.124 e. The van der Waals surface area contributed by atoms with Gasteiger partial charge in [-0.2, -0.15) is 0 Å². The molecule has 2 atom stereocenters. The van der Waals surface area contributed by atoms with Crippen molar-refractivity contribution >= 4 is 34.0 Å². The fourth-order valence-corrected chi connectivity index (χ4v) is 5.13. The van der Waals surface area contributed by atoms with Crippen LogP contribution in [0.2, 0.25) is 0 Å². The highest BCUT2D eigenvalue weighted by molar-refractivity contribution is 6.02. The molecule has 0 aromatic heterocycles. The monoisotopic (exact) mass is 520 g/mol. The van der Waals surface area contributed by atoms with Gasteiger partial charge in [0, 0.05) is 23.6 Å². The molecule has 6 aromatic rings. The molecule has 0 aliphatic carbocycles. The number of fused-ring (bicyclic) bond motifs is 2. The summed E-state index contributed by atoms with van der Waals surface area (Å²) in [5.74, 6) is 0.402. The molecule has 0 fully saturated rings. The van der Waals surface area contributed by atoms with Gasteiger partial charge in [-0.3, -0.25) is 9.98 Å². The zero-order valence-electron chi connectivity index (χ0n) is 21.8. The van der Waals surface area contributed by atoms with Crippen LogP contribution < -0.4 is 0 Å². The minimum atomic E-state index is -0.360. The lowest BCUT2D eigenvalue weighted by molar-refractivity contribution is 0.475. The van der Waals surface area contributed by atoms with Crippen LogP contribution in [0, 0.1) is 0 Å². The maximum atomic E-state index is 10.8. The van der Waals surface area contributed by atoms with Gasteiger partial charge in [-0.1, -0.05) is 115 Å². The van der Waals surface area contributed by atoms with E-state index < -0.39 is 0 Å². The summed E-state index contributed by atoms with van der Waals surface area (Å²) in [7, 11) is 0. The zero-order valence-corrected chi connectivity index (χ0v) is 21.8. The van der Waals surface area contributed by atoms with Gasteiger partial charge in [0.2, 0.25) is 0 Å². The van der Waals surface area contributed by atoms with Gasteiger partial charge in [0.1, 0.15) is 23.6 Å². The van der Waals surface area contributed by atoms with Crippen LogP contribution in [0.5, 0.6) is 11.5 Å². The smallest absolute Gasteiger partial charge is 0.124 e. The number of hydrogen-bond donors (Lipinski definition) is 2. The quantitative estimate of drug-likeness (QED) is 0.208. The van der Waals surface area contributed by atoms with Gasteiger partial charge in [0.15, 0.2) is 0 Å². The van der Waals surface area contributed by atoms with Gasteiger partial charge in [-0.15, -0.1) is 0 Å². The van der Waals surface area contributed by atoms with Gasteiger partial charge >= 0.3 is 0 Å². The fourth-order valence-electron chi connectivity index (χ4n) is 5.13. The topological polar surface area (TPSA) is 65.2 Å². The van der Waals surface area contributed by atoms with Crippen molar-refractivity contribution in [3.05, 3.63) is 156 Å². The molecular weight excluding hydrogens is 492 g/mol. The van der Waals surface area contributed by atoms with Crippen molar-refractivity contribution in [2.45, 2.75) is 12.1 Å². The Balaban J connectivity index is 1.49. The van der Waals surface area contributed by atoms with Crippen LogP contribution >= 0.6 is 0 Å². The van der Waals surface area contributed by atoms with Crippen LogP contribution in [0.4, 0.5) is 0 Å². The maximum absolute atomic E-state index is 10.8. The van der Waals surface area contributed by atoms with Crippen LogP contribution in [0.1, 0.15) is 34.3 Å². The van der Waals surface area contributed by atoms with Crippen molar-refractivity contribution in [3.63, 3.8) is 0 Å². The van der Waals surface area contributed by atoms with Gasteiger partial charge < -0.3 is 10.2 Å². The van der Waals surface area contributed by atoms with Crippen LogP contribution in [0.15, 0.2) is 143 Å². The molecule has 0 heterocycles. The first-order chi connectivity index (χ1) is 19.7. The molecule has 0 radical (unpaired) electrons. The molecule has 0 saturated carbocycles. The second-order valence-corrected chi connectivity index (χ2v) is 9.74. The average Bonchev–Trinajstić information content (AvgIpc) is 3.00. The molecule has 4 heteroatoms. The summed E-state index contributed by atoms with van der Waals surface area (Å²) in [5, 5.41) is 24.9. The summed E-state index contributed by atoms with van der Waals surface area (Å²) >= 11 is 0. The Labute approximate surface area is 233 Å². The standard InChI is InChI=1S/C36H28N2O2/c39-30-20-18-26-15-9-16-29(32(26)22-30)23-37-35(27-11-3-1-4-12-27)36(28-13-5-2-6-14-28)38-24-33-31-17-8-7-10-25(31)19-21-34(33)40/h1-24,35-36,39-40H/t35-,36+/m0/s1. The summed E-state index contributed by atoms with van der Waals surface area (Å²) in [6.45, 7) is 0. The number of rotatable bonds is 7. The van der Waals surface area contributed by atoms with E-state index in [0.29, 0.717) is 5.56 Å². The lowest BCUT2D eigenvalue weighted by Gasteiger charge is -2.22. The van der Waals surface area contributed by atoms with Gasteiger partial charge in [0.05, 0.1) is 0 Å². The number of aromatic hydroxyl groups is 2. The van der Waals surface area contributed by atoms with Gasteiger partial charge in [0.25, 0.3) is 0 Å². The molecule has 0 saturated heterocycles. The third-order valence-electron chi connectivity index (χ3n) is 7.17. The van der Waals surface area contributed by atoms with Crippen molar-refractivity contribution in [1.82, 2.24) is 0 Å². The number of hydrogen-bond acceptors (Lipinski definition) is 4. The minimum absolute atomic E-state index is 0.185. The van der Waals surface area contributed by atoms with E-state index in [-0.39, 0.29) is 23.6 Å². The predicted molar refractivity (Wildman–Crippen MR) is 165 cm³/mol. The number of phenols is 2. The van der Waals surface area contributed by atoms with E-state index >= 15 is 0 Å². The minimum Gasteiger partial charge on any atom is -0.508 e. The second-order valence-electron chi connectivity index (χ2n) is 9.74. The number of nitrogens with zero attached hydrogens (tertiary/aromatic N) is 2. The van der Waals surface area contributed by atoms with E-state index in [2.05, 4.69) is 24.3 Å². The molecule has 0 aliphatic rings. The molecule has 6 rings (SSSR count). The average molecular weight is 521 g/mol. The Morgan fingerprint density at radius 3 is 1.80 bits per heavy atom. The largest absolute Gasteiger partial charge is 0.508 e. The van der Waals surface area contributed by atoms with E-state index in [1.165, 1.54) is 0 Å². The zero-order chi connectivity index (χ0) is 27.3. The number of phenolic OH excluding ortho intramolecular Hbond substituents is 2. The molecule has 0 bridgehead atoms. The summed E-state index contributed by atoms with van der Waals surface area (Å²) < 4.78 is 0. The molecule has 0 unspecified atom stereocenters. The molecule has 2 N–H and O–H groups in total. The number of aliphatic imine (C=N–C) groups is 2. The lowest BCUT2D eigenvalue weighted by atomic mass is 9.94. The lowest BCUT2D eigenvalue weighted by Crippen LogP contribution is -2.09. The van der Waals surface area contributed by atoms with E-state index in [1.807, 2.05) is 97.2 Å². The first-order valence-corrected chi connectivity index (χ1v) is 13.3. The molecular formula is C36H28N2O2. The molecule has 6 aromatic carbocycles. The second kappa shape index (κ2) is 11.3. The van der Waals surface area contributed by atoms with Crippen molar-refractivity contribution in [1.29, 1.82) is 0 Å². The van der Waals surface area contributed by atoms with Crippen LogP contribution in [-0.2, 0) is 0 Å². The molecule has 0 aliphatic heterocycles. The van der Waals surface area contributed by atoms with Crippen LogP contribution in [0.25, 0.3) is 21.5 Å².